The van der Waals surface area contributed by atoms with Gasteiger partial charge in [-0.15, -0.1) is 0 Å². The molecule has 0 atom stereocenters. The zero-order valence-electron chi connectivity index (χ0n) is 10.8. The molecule has 20 heavy (non-hydrogen) atoms. The molecule has 0 bridgehead atoms. The van der Waals surface area contributed by atoms with Crippen molar-refractivity contribution in [1.82, 2.24) is 9.55 Å². The molecule has 0 fully saturated rings. The zero-order valence-corrected chi connectivity index (χ0v) is 10.8. The van der Waals surface area contributed by atoms with Gasteiger partial charge < -0.3 is 14.3 Å². The van der Waals surface area contributed by atoms with Crippen molar-refractivity contribution in [2.75, 3.05) is 0 Å². The van der Waals surface area contributed by atoms with Gasteiger partial charge in [-0.05, 0) is 23.8 Å². The summed E-state index contributed by atoms with van der Waals surface area (Å²) in [6.45, 7) is 0.268. The number of esters is 1. The van der Waals surface area contributed by atoms with Gasteiger partial charge in [-0.2, -0.15) is 0 Å². The standard InChI is InChI=1S/C16H14N2O2/c19-16(20-12-13-6-2-1-3-7-13)15-14(8-9-17-15)18-10-4-5-11-18/h1-11,17H,12H2. The Bertz CT molecular complexity index is 684. The minimum Gasteiger partial charge on any atom is -0.456 e. The van der Waals surface area contributed by atoms with E-state index in [0.29, 0.717) is 5.69 Å². The molecule has 100 valence electrons. The smallest absolute Gasteiger partial charge is 0.357 e. The first-order valence-corrected chi connectivity index (χ1v) is 6.36. The highest BCUT2D eigenvalue weighted by molar-refractivity contribution is 5.91. The van der Waals surface area contributed by atoms with E-state index < -0.39 is 0 Å². The lowest BCUT2D eigenvalue weighted by Gasteiger charge is -2.06. The maximum Gasteiger partial charge on any atom is 0.357 e. The van der Waals surface area contributed by atoms with Crippen LogP contribution in [0.5, 0.6) is 0 Å². The van der Waals surface area contributed by atoms with Crippen LogP contribution in [0.4, 0.5) is 0 Å². The Morgan fingerprint density at radius 2 is 1.80 bits per heavy atom. The number of nitrogens with zero attached hydrogens (tertiary/aromatic N) is 1. The van der Waals surface area contributed by atoms with Gasteiger partial charge >= 0.3 is 5.97 Å². The summed E-state index contributed by atoms with van der Waals surface area (Å²) in [6.07, 6.45) is 5.50. The van der Waals surface area contributed by atoms with Gasteiger partial charge in [0.05, 0.1) is 5.69 Å². The highest BCUT2D eigenvalue weighted by Gasteiger charge is 2.15. The normalized spacial score (nSPS) is 10.4. The molecule has 0 aliphatic carbocycles. The summed E-state index contributed by atoms with van der Waals surface area (Å²) in [5.74, 6) is -0.359. The minimum atomic E-state index is -0.359. The van der Waals surface area contributed by atoms with E-state index in [1.54, 1.807) is 6.20 Å². The monoisotopic (exact) mass is 266 g/mol. The third-order valence-electron chi connectivity index (χ3n) is 3.02. The number of ether oxygens (including phenoxy) is 1. The molecular formula is C16H14N2O2. The van der Waals surface area contributed by atoms with E-state index in [2.05, 4.69) is 4.98 Å². The third kappa shape index (κ3) is 2.49. The van der Waals surface area contributed by atoms with Crippen LogP contribution in [0.25, 0.3) is 5.69 Å². The molecule has 0 spiro atoms. The molecule has 3 aromatic rings. The fraction of sp³-hybridized carbons (Fsp3) is 0.0625. The average molecular weight is 266 g/mol. The Balaban J connectivity index is 1.74. The van der Waals surface area contributed by atoms with E-state index >= 15 is 0 Å². The summed E-state index contributed by atoms with van der Waals surface area (Å²) in [7, 11) is 0. The van der Waals surface area contributed by atoms with Crippen molar-refractivity contribution < 1.29 is 9.53 Å². The van der Waals surface area contributed by atoms with Crippen LogP contribution >= 0.6 is 0 Å². The summed E-state index contributed by atoms with van der Waals surface area (Å²) in [4.78, 5) is 15.1. The van der Waals surface area contributed by atoms with E-state index in [4.69, 9.17) is 4.74 Å². The molecule has 4 nitrogen and oxygen atoms in total. The van der Waals surface area contributed by atoms with Crippen LogP contribution < -0.4 is 0 Å². The fourth-order valence-electron chi connectivity index (χ4n) is 2.03. The van der Waals surface area contributed by atoms with Gasteiger partial charge in [0, 0.05) is 18.6 Å². The highest BCUT2D eigenvalue weighted by Crippen LogP contribution is 2.15. The van der Waals surface area contributed by atoms with Gasteiger partial charge in [-0.1, -0.05) is 30.3 Å². The fourth-order valence-corrected chi connectivity index (χ4v) is 2.03. The molecule has 1 N–H and O–H groups in total. The summed E-state index contributed by atoms with van der Waals surface area (Å²) < 4.78 is 7.20. The van der Waals surface area contributed by atoms with Crippen LogP contribution in [0.15, 0.2) is 67.1 Å². The van der Waals surface area contributed by atoms with Crippen LogP contribution in [-0.2, 0) is 11.3 Å². The maximum absolute atomic E-state index is 12.1. The lowest BCUT2D eigenvalue weighted by Crippen LogP contribution is -2.08. The molecule has 0 aliphatic rings. The van der Waals surface area contributed by atoms with E-state index in [1.165, 1.54) is 0 Å². The molecule has 1 aromatic carbocycles. The van der Waals surface area contributed by atoms with Crippen molar-refractivity contribution in [2.24, 2.45) is 0 Å². The molecule has 2 aromatic heterocycles. The van der Waals surface area contributed by atoms with Crippen molar-refractivity contribution in [3.63, 3.8) is 0 Å². The lowest BCUT2D eigenvalue weighted by atomic mass is 10.2. The number of carbonyl (C=O) groups excluding carboxylic acids is 1. The van der Waals surface area contributed by atoms with Crippen molar-refractivity contribution in [2.45, 2.75) is 6.61 Å². The average Bonchev–Trinajstić information content (AvgIpc) is 3.15. The number of rotatable bonds is 4. The molecule has 0 radical (unpaired) electrons. The summed E-state index contributed by atoms with van der Waals surface area (Å²) in [5, 5.41) is 0. The van der Waals surface area contributed by atoms with Gasteiger partial charge in [-0.3, -0.25) is 0 Å². The summed E-state index contributed by atoms with van der Waals surface area (Å²) >= 11 is 0. The van der Waals surface area contributed by atoms with E-state index in [-0.39, 0.29) is 12.6 Å². The summed E-state index contributed by atoms with van der Waals surface area (Å²) in [6, 6.07) is 15.3. The number of benzene rings is 1. The Morgan fingerprint density at radius 3 is 2.55 bits per heavy atom. The van der Waals surface area contributed by atoms with Crippen LogP contribution in [0.1, 0.15) is 16.1 Å². The second-order valence-electron chi connectivity index (χ2n) is 4.39. The van der Waals surface area contributed by atoms with E-state index in [0.717, 1.165) is 11.3 Å². The SMILES string of the molecule is O=C(OCc1ccccc1)c1[nH]ccc1-n1cccc1. The molecule has 4 heteroatoms. The number of hydrogen-bond acceptors (Lipinski definition) is 2. The van der Waals surface area contributed by atoms with Crippen molar-refractivity contribution in [3.8, 4) is 5.69 Å². The summed E-state index contributed by atoms with van der Waals surface area (Å²) in [5.41, 5.74) is 2.21. The first-order chi connectivity index (χ1) is 9.84. The number of hydrogen-bond donors (Lipinski definition) is 1. The minimum absolute atomic E-state index is 0.268. The van der Waals surface area contributed by atoms with Crippen molar-refractivity contribution >= 4 is 5.97 Å². The second kappa shape index (κ2) is 5.48. The second-order valence-corrected chi connectivity index (χ2v) is 4.39. The predicted octanol–water partition coefficient (Wildman–Crippen LogP) is 3.16. The number of H-pyrrole nitrogens is 1. The first kappa shape index (κ1) is 12.3. The lowest BCUT2D eigenvalue weighted by molar-refractivity contribution is 0.0466. The molecule has 0 saturated carbocycles. The number of carbonyl (C=O) groups is 1. The molecule has 0 unspecified atom stereocenters. The van der Waals surface area contributed by atoms with Gasteiger partial charge in [-0.25, -0.2) is 4.79 Å². The van der Waals surface area contributed by atoms with Gasteiger partial charge in [0.1, 0.15) is 12.3 Å². The highest BCUT2D eigenvalue weighted by atomic mass is 16.5. The molecule has 0 amide bonds. The van der Waals surface area contributed by atoms with Gasteiger partial charge in [0.25, 0.3) is 0 Å². The van der Waals surface area contributed by atoms with Crippen molar-refractivity contribution in [1.29, 1.82) is 0 Å². The number of nitrogens with one attached hydrogen (secondary N) is 1. The largest absolute Gasteiger partial charge is 0.456 e. The zero-order chi connectivity index (χ0) is 13.8. The number of aromatic nitrogens is 2. The Kier molecular flexibility index (Phi) is 3.37. The van der Waals surface area contributed by atoms with Crippen molar-refractivity contribution in [3.05, 3.63) is 78.4 Å². The van der Waals surface area contributed by atoms with Gasteiger partial charge in [0.15, 0.2) is 0 Å². The van der Waals surface area contributed by atoms with Gasteiger partial charge in [0.2, 0.25) is 0 Å². The molecule has 0 saturated heterocycles. The molecular weight excluding hydrogens is 252 g/mol. The number of aromatic amines is 1. The van der Waals surface area contributed by atoms with Crippen LogP contribution in [0.2, 0.25) is 0 Å². The van der Waals surface area contributed by atoms with Crippen LogP contribution in [0, 0.1) is 0 Å². The predicted molar refractivity (Wildman–Crippen MR) is 75.7 cm³/mol. The maximum atomic E-state index is 12.1. The Morgan fingerprint density at radius 1 is 1.05 bits per heavy atom. The topological polar surface area (TPSA) is 47.0 Å². The third-order valence-corrected chi connectivity index (χ3v) is 3.02. The molecule has 2 heterocycles. The quantitative estimate of drug-likeness (QED) is 0.737. The first-order valence-electron chi connectivity index (χ1n) is 6.36. The van der Waals surface area contributed by atoms with E-state index in [1.807, 2.05) is 65.5 Å². The van der Waals surface area contributed by atoms with Crippen LogP contribution in [-0.4, -0.2) is 15.5 Å². The van der Waals surface area contributed by atoms with E-state index in [9.17, 15) is 4.79 Å². The van der Waals surface area contributed by atoms with Crippen LogP contribution in [0.3, 0.4) is 0 Å². The Labute approximate surface area is 116 Å². The molecule has 0 aliphatic heterocycles. The molecule has 3 rings (SSSR count). The Hall–Kier alpha value is -2.75.